The van der Waals surface area contributed by atoms with Crippen LogP contribution in [-0.4, -0.2) is 44.4 Å². The zero-order valence-corrected chi connectivity index (χ0v) is 18.6. The Morgan fingerprint density at radius 1 is 1.09 bits per heavy atom. The maximum atomic E-state index is 13.7. The SMILES string of the molecule is Cc1ccc(C(=O)N2CC3CCC2C(Nc2ccc(C(F)(F)F)cn2)C3)c(-c2ccccn2)n1. The van der Waals surface area contributed by atoms with Gasteiger partial charge >= 0.3 is 6.18 Å². The van der Waals surface area contributed by atoms with E-state index in [1.807, 2.05) is 36.1 Å². The lowest BCUT2D eigenvalue weighted by Gasteiger charge is -2.50. The number of fused-ring (bicyclic) bond motifs is 3. The molecule has 0 radical (unpaired) electrons. The predicted molar refractivity (Wildman–Crippen MR) is 121 cm³/mol. The molecule has 1 saturated carbocycles. The Balaban J connectivity index is 1.40. The van der Waals surface area contributed by atoms with E-state index in [1.54, 1.807) is 12.3 Å². The fourth-order valence-electron chi connectivity index (χ4n) is 5.00. The Hall–Kier alpha value is -3.49. The summed E-state index contributed by atoms with van der Waals surface area (Å²) in [5.74, 6) is 0.594. The van der Waals surface area contributed by atoms with Crippen LogP contribution in [0, 0.1) is 12.8 Å². The summed E-state index contributed by atoms with van der Waals surface area (Å²) >= 11 is 0. The number of carbonyl (C=O) groups excluding carboxylic acids is 1. The summed E-state index contributed by atoms with van der Waals surface area (Å²) in [5, 5.41) is 3.28. The second-order valence-electron chi connectivity index (χ2n) is 8.95. The molecule has 5 heterocycles. The quantitative estimate of drug-likeness (QED) is 0.587. The molecule has 0 aromatic carbocycles. The van der Waals surface area contributed by atoms with E-state index in [0.29, 0.717) is 35.2 Å². The summed E-state index contributed by atoms with van der Waals surface area (Å²) in [4.78, 5) is 28.6. The van der Waals surface area contributed by atoms with E-state index in [-0.39, 0.29) is 18.0 Å². The second kappa shape index (κ2) is 8.70. The Morgan fingerprint density at radius 3 is 2.62 bits per heavy atom. The molecule has 1 N–H and O–H groups in total. The molecule has 1 amide bonds. The predicted octanol–water partition coefficient (Wildman–Crippen LogP) is 4.97. The van der Waals surface area contributed by atoms with E-state index in [9.17, 15) is 18.0 Å². The Bertz CT molecular complexity index is 1180. The normalized spacial score (nSPS) is 22.0. The highest BCUT2D eigenvalue weighted by molar-refractivity contribution is 6.00. The first-order valence-corrected chi connectivity index (χ1v) is 11.3. The molecule has 3 unspecified atom stereocenters. The lowest BCUT2D eigenvalue weighted by molar-refractivity contribution is -0.137. The van der Waals surface area contributed by atoms with Crippen LogP contribution in [0.5, 0.6) is 0 Å². The standard InChI is InChI=1S/C25H24F3N5O/c1-15-5-8-18(23(31-15)19-4-2-3-11-29-19)24(34)33-14-16-6-9-21(33)20(12-16)32-22-10-7-17(13-30-22)25(26,27)28/h2-5,7-8,10-11,13,16,20-21H,6,9,12,14H2,1H3,(H,30,32). The smallest absolute Gasteiger partial charge is 0.365 e. The molecule has 3 aliphatic rings. The van der Waals surface area contributed by atoms with Gasteiger partial charge in [0.15, 0.2) is 0 Å². The van der Waals surface area contributed by atoms with Crippen LogP contribution in [0.25, 0.3) is 11.4 Å². The largest absolute Gasteiger partial charge is 0.417 e. The van der Waals surface area contributed by atoms with Gasteiger partial charge in [0.25, 0.3) is 5.91 Å². The van der Waals surface area contributed by atoms with Crippen molar-refractivity contribution in [2.45, 2.75) is 44.4 Å². The number of halogens is 3. The van der Waals surface area contributed by atoms with Crippen molar-refractivity contribution in [1.82, 2.24) is 19.9 Å². The van der Waals surface area contributed by atoms with Gasteiger partial charge in [-0.25, -0.2) is 4.98 Å². The fourth-order valence-corrected chi connectivity index (χ4v) is 5.00. The minimum absolute atomic E-state index is 0.0838. The highest BCUT2D eigenvalue weighted by atomic mass is 19.4. The summed E-state index contributed by atoms with van der Waals surface area (Å²) < 4.78 is 38.6. The van der Waals surface area contributed by atoms with Crippen molar-refractivity contribution in [2.24, 2.45) is 5.92 Å². The fraction of sp³-hybridized carbons (Fsp3) is 0.360. The number of alkyl halides is 3. The van der Waals surface area contributed by atoms with E-state index in [1.165, 1.54) is 6.07 Å². The van der Waals surface area contributed by atoms with Gasteiger partial charge in [-0.2, -0.15) is 13.2 Å². The van der Waals surface area contributed by atoms with Gasteiger partial charge in [-0.1, -0.05) is 6.07 Å². The number of nitrogens with zero attached hydrogens (tertiary/aromatic N) is 4. The van der Waals surface area contributed by atoms with Crippen molar-refractivity contribution in [3.05, 3.63) is 71.7 Å². The number of hydrogen-bond acceptors (Lipinski definition) is 5. The van der Waals surface area contributed by atoms with E-state index < -0.39 is 11.7 Å². The van der Waals surface area contributed by atoms with Crippen molar-refractivity contribution in [3.63, 3.8) is 0 Å². The van der Waals surface area contributed by atoms with Crippen LogP contribution in [0.1, 0.15) is 40.9 Å². The maximum absolute atomic E-state index is 13.7. The highest BCUT2D eigenvalue weighted by Gasteiger charge is 2.43. The summed E-state index contributed by atoms with van der Waals surface area (Å²) in [6.45, 7) is 2.53. The average Bonchev–Trinajstić information content (AvgIpc) is 2.84. The molecule has 6 rings (SSSR count). The molecule has 0 spiro atoms. The molecule has 2 bridgehead atoms. The van der Waals surface area contributed by atoms with Gasteiger partial charge in [0.2, 0.25) is 0 Å². The Labute approximate surface area is 195 Å². The van der Waals surface area contributed by atoms with Gasteiger partial charge in [0.05, 0.1) is 22.9 Å². The van der Waals surface area contributed by atoms with Crippen LogP contribution in [0.2, 0.25) is 0 Å². The number of hydrogen-bond donors (Lipinski definition) is 1. The molecule has 34 heavy (non-hydrogen) atoms. The van der Waals surface area contributed by atoms with Gasteiger partial charge in [-0.05, 0) is 68.5 Å². The maximum Gasteiger partial charge on any atom is 0.417 e. The number of aryl methyl sites for hydroxylation is 1. The highest BCUT2D eigenvalue weighted by Crippen LogP contribution is 2.38. The summed E-state index contributed by atoms with van der Waals surface area (Å²) in [6, 6.07) is 11.3. The average molecular weight is 467 g/mol. The van der Waals surface area contributed by atoms with E-state index >= 15 is 0 Å². The monoisotopic (exact) mass is 467 g/mol. The first kappa shape index (κ1) is 22.3. The third-order valence-electron chi connectivity index (χ3n) is 6.63. The van der Waals surface area contributed by atoms with Crippen molar-refractivity contribution >= 4 is 11.7 Å². The van der Waals surface area contributed by atoms with Crippen LogP contribution >= 0.6 is 0 Å². The lowest BCUT2D eigenvalue weighted by atomic mass is 9.76. The molecule has 176 valence electrons. The Morgan fingerprint density at radius 2 is 1.94 bits per heavy atom. The number of carbonyl (C=O) groups is 1. The van der Waals surface area contributed by atoms with Gasteiger partial charge < -0.3 is 10.2 Å². The third kappa shape index (κ3) is 4.34. The molecule has 9 heteroatoms. The second-order valence-corrected chi connectivity index (χ2v) is 8.95. The molecular formula is C25H24F3N5O. The lowest BCUT2D eigenvalue weighted by Crippen LogP contribution is -2.59. The molecule has 2 saturated heterocycles. The van der Waals surface area contributed by atoms with Gasteiger partial charge in [-0.15, -0.1) is 0 Å². The number of pyridine rings is 3. The summed E-state index contributed by atoms with van der Waals surface area (Å²) in [5.41, 5.74) is 1.71. The van der Waals surface area contributed by atoms with Crippen molar-refractivity contribution in [3.8, 4) is 11.4 Å². The number of piperidine rings is 2. The van der Waals surface area contributed by atoms with Gasteiger partial charge in [0.1, 0.15) is 11.5 Å². The van der Waals surface area contributed by atoms with Crippen LogP contribution in [0.3, 0.4) is 0 Å². The van der Waals surface area contributed by atoms with Gasteiger partial charge in [0, 0.05) is 30.7 Å². The first-order chi connectivity index (χ1) is 16.3. The van der Waals surface area contributed by atoms with E-state index in [0.717, 1.165) is 37.2 Å². The van der Waals surface area contributed by atoms with Crippen molar-refractivity contribution in [1.29, 1.82) is 0 Å². The molecular weight excluding hydrogens is 443 g/mol. The van der Waals surface area contributed by atoms with E-state index in [4.69, 9.17) is 0 Å². The topological polar surface area (TPSA) is 71.0 Å². The zero-order chi connectivity index (χ0) is 23.9. The van der Waals surface area contributed by atoms with Gasteiger partial charge in [-0.3, -0.25) is 14.8 Å². The number of nitrogens with one attached hydrogen (secondary N) is 1. The summed E-state index contributed by atoms with van der Waals surface area (Å²) in [7, 11) is 0. The number of aromatic nitrogens is 3. The molecule has 6 nitrogen and oxygen atoms in total. The number of rotatable bonds is 4. The van der Waals surface area contributed by atoms with Crippen LogP contribution < -0.4 is 5.32 Å². The molecule has 3 atom stereocenters. The molecule has 1 aliphatic carbocycles. The molecule has 2 aliphatic heterocycles. The van der Waals surface area contributed by atoms with Crippen LogP contribution in [-0.2, 0) is 6.18 Å². The van der Waals surface area contributed by atoms with Crippen LogP contribution in [0.4, 0.5) is 19.0 Å². The molecule has 3 aromatic heterocycles. The van der Waals surface area contributed by atoms with Crippen LogP contribution in [0.15, 0.2) is 54.9 Å². The number of anilines is 1. The summed E-state index contributed by atoms with van der Waals surface area (Å²) in [6.07, 6.45) is 0.776. The number of amides is 1. The van der Waals surface area contributed by atoms with Crippen molar-refractivity contribution < 1.29 is 18.0 Å². The van der Waals surface area contributed by atoms with Crippen molar-refractivity contribution in [2.75, 3.05) is 11.9 Å². The molecule has 3 fully saturated rings. The minimum Gasteiger partial charge on any atom is -0.365 e. The molecule has 3 aromatic rings. The minimum atomic E-state index is -4.42. The third-order valence-corrected chi connectivity index (χ3v) is 6.63. The zero-order valence-electron chi connectivity index (χ0n) is 18.6. The van der Waals surface area contributed by atoms with E-state index in [2.05, 4.69) is 20.3 Å². The first-order valence-electron chi connectivity index (χ1n) is 11.3. The Kier molecular flexibility index (Phi) is 5.71.